The second-order valence-corrected chi connectivity index (χ2v) is 3.90. The van der Waals surface area contributed by atoms with Gasteiger partial charge in [0.15, 0.2) is 0 Å². The predicted octanol–water partition coefficient (Wildman–Crippen LogP) is 3.70. The minimum absolute atomic E-state index is 0.542. The molecule has 1 rings (SSSR count). The molecule has 0 bridgehead atoms. The van der Waals surface area contributed by atoms with E-state index in [0.717, 1.165) is 21.1 Å². The van der Waals surface area contributed by atoms with Crippen molar-refractivity contribution in [2.24, 2.45) is 0 Å². The van der Waals surface area contributed by atoms with Gasteiger partial charge < -0.3 is 0 Å². The van der Waals surface area contributed by atoms with Gasteiger partial charge in [-0.1, -0.05) is 27.5 Å². The van der Waals surface area contributed by atoms with Gasteiger partial charge in [0.25, 0.3) is 0 Å². The van der Waals surface area contributed by atoms with Crippen molar-refractivity contribution in [3.8, 4) is 0 Å². The number of hydrogen-bond donors (Lipinski definition) is 0. The van der Waals surface area contributed by atoms with Crippen LogP contribution in [-0.2, 0) is 5.33 Å². The summed E-state index contributed by atoms with van der Waals surface area (Å²) in [6.45, 7) is 1.99. The Hall–Kier alpha value is 0.400. The molecule has 0 aromatic carbocycles. The lowest BCUT2D eigenvalue weighted by Crippen LogP contribution is -1.90. The first-order valence-corrected chi connectivity index (χ1v) is 5.32. The van der Waals surface area contributed by atoms with Crippen LogP contribution in [0.4, 0.5) is 0 Å². The van der Waals surface area contributed by atoms with Gasteiger partial charge >= 0.3 is 0 Å². The van der Waals surface area contributed by atoms with Gasteiger partial charge in [0, 0.05) is 9.80 Å². The Labute approximate surface area is 87.4 Å². The lowest BCUT2D eigenvalue weighted by Gasteiger charge is -2.03. The molecule has 1 aromatic heterocycles. The smallest absolute Gasteiger partial charge is 0.129 e. The van der Waals surface area contributed by atoms with Crippen molar-refractivity contribution in [2.75, 3.05) is 0 Å². The highest BCUT2D eigenvalue weighted by atomic mass is 79.9. The average Bonchev–Trinajstić information content (AvgIpc) is 1.96. The number of aromatic nitrogens is 1. The van der Waals surface area contributed by atoms with Crippen molar-refractivity contribution in [2.45, 2.75) is 12.3 Å². The third-order valence-corrected chi connectivity index (χ3v) is 3.11. The first kappa shape index (κ1) is 9.49. The Balaban J connectivity index is 3.24. The minimum atomic E-state index is 0.542. The van der Waals surface area contributed by atoms with Crippen LogP contribution < -0.4 is 0 Å². The molecule has 0 amide bonds. The number of alkyl halides is 1. The fraction of sp³-hybridized carbons (Fsp3) is 0.286. The summed E-state index contributed by atoms with van der Waals surface area (Å²) >= 11 is 12.5. The molecule has 0 aliphatic rings. The van der Waals surface area contributed by atoms with Crippen LogP contribution >= 0.6 is 43.5 Å². The van der Waals surface area contributed by atoms with Gasteiger partial charge in [-0.05, 0) is 34.5 Å². The molecule has 0 saturated carbocycles. The molecular formula is C7H6Br2ClN. The van der Waals surface area contributed by atoms with Crippen molar-refractivity contribution >= 4 is 43.5 Å². The van der Waals surface area contributed by atoms with Crippen molar-refractivity contribution < 1.29 is 0 Å². The zero-order valence-electron chi connectivity index (χ0n) is 5.87. The molecule has 11 heavy (non-hydrogen) atoms. The summed E-state index contributed by atoms with van der Waals surface area (Å²) in [7, 11) is 0. The van der Waals surface area contributed by atoms with E-state index in [0.29, 0.717) is 5.15 Å². The Morgan fingerprint density at radius 1 is 1.64 bits per heavy atom. The summed E-state index contributed by atoms with van der Waals surface area (Å²) in [5.74, 6) is 0. The number of nitrogens with zero attached hydrogens (tertiary/aromatic N) is 1. The fourth-order valence-electron chi connectivity index (χ4n) is 0.768. The zero-order valence-corrected chi connectivity index (χ0v) is 9.79. The summed E-state index contributed by atoms with van der Waals surface area (Å²) in [6, 6.07) is 1.83. The number of pyridine rings is 1. The number of halogens is 3. The third kappa shape index (κ3) is 2.17. The summed E-state index contributed by atoms with van der Waals surface area (Å²) in [6.07, 6.45) is 0. The van der Waals surface area contributed by atoms with E-state index in [1.165, 1.54) is 0 Å². The van der Waals surface area contributed by atoms with Crippen LogP contribution in [0.2, 0.25) is 5.15 Å². The first-order valence-electron chi connectivity index (χ1n) is 3.02. The maximum absolute atomic E-state index is 5.75. The lowest BCUT2D eigenvalue weighted by molar-refractivity contribution is 1.14. The third-order valence-electron chi connectivity index (χ3n) is 1.30. The van der Waals surface area contributed by atoms with E-state index in [4.69, 9.17) is 11.6 Å². The Kier molecular flexibility index (Phi) is 3.34. The standard InChI is InChI=1S/C7H6Br2ClN/c1-4-2-6(10)11-5(3-8)7(4)9/h2H,3H2,1H3. The maximum atomic E-state index is 5.75. The Bertz CT molecular complexity index is 275. The van der Waals surface area contributed by atoms with Crippen LogP contribution in [-0.4, -0.2) is 4.98 Å². The quantitative estimate of drug-likeness (QED) is 0.569. The monoisotopic (exact) mass is 297 g/mol. The SMILES string of the molecule is Cc1cc(Cl)nc(CBr)c1Br. The maximum Gasteiger partial charge on any atom is 0.129 e. The van der Waals surface area contributed by atoms with Gasteiger partial charge in [0.1, 0.15) is 5.15 Å². The summed E-state index contributed by atoms with van der Waals surface area (Å²) in [4.78, 5) is 4.12. The number of rotatable bonds is 1. The van der Waals surface area contributed by atoms with E-state index in [1.807, 2.05) is 13.0 Å². The molecule has 0 radical (unpaired) electrons. The molecule has 4 heteroatoms. The number of aryl methyl sites for hydroxylation is 1. The average molecular weight is 299 g/mol. The molecule has 0 unspecified atom stereocenters. The van der Waals surface area contributed by atoms with E-state index in [-0.39, 0.29) is 0 Å². The van der Waals surface area contributed by atoms with Gasteiger partial charge in [-0.2, -0.15) is 0 Å². The summed E-state index contributed by atoms with van der Waals surface area (Å²) in [5.41, 5.74) is 2.05. The highest BCUT2D eigenvalue weighted by Gasteiger charge is 2.04. The van der Waals surface area contributed by atoms with Crippen LogP contribution in [0.25, 0.3) is 0 Å². The van der Waals surface area contributed by atoms with Crippen molar-refractivity contribution in [1.82, 2.24) is 4.98 Å². The van der Waals surface area contributed by atoms with E-state index in [9.17, 15) is 0 Å². The Morgan fingerprint density at radius 2 is 2.27 bits per heavy atom. The lowest BCUT2D eigenvalue weighted by atomic mass is 10.2. The molecule has 0 saturated heterocycles. The molecular weight excluding hydrogens is 293 g/mol. The molecule has 0 spiro atoms. The van der Waals surface area contributed by atoms with Crippen LogP contribution in [0.15, 0.2) is 10.5 Å². The molecule has 1 nitrogen and oxygen atoms in total. The molecule has 1 heterocycles. The topological polar surface area (TPSA) is 12.9 Å². The molecule has 0 N–H and O–H groups in total. The van der Waals surface area contributed by atoms with Crippen molar-refractivity contribution in [3.05, 3.63) is 26.9 Å². The minimum Gasteiger partial charge on any atom is -0.239 e. The van der Waals surface area contributed by atoms with E-state index < -0.39 is 0 Å². The van der Waals surface area contributed by atoms with Crippen LogP contribution in [0.5, 0.6) is 0 Å². The molecule has 0 fully saturated rings. The second kappa shape index (κ2) is 3.87. The molecule has 0 aliphatic heterocycles. The number of hydrogen-bond acceptors (Lipinski definition) is 1. The predicted molar refractivity (Wildman–Crippen MR) is 54.3 cm³/mol. The molecule has 60 valence electrons. The van der Waals surface area contributed by atoms with Crippen LogP contribution in [0, 0.1) is 6.92 Å². The normalized spacial score (nSPS) is 10.2. The van der Waals surface area contributed by atoms with Crippen LogP contribution in [0.3, 0.4) is 0 Å². The molecule has 0 aliphatic carbocycles. The second-order valence-electron chi connectivity index (χ2n) is 2.16. The molecule has 1 aromatic rings. The van der Waals surface area contributed by atoms with Crippen LogP contribution in [0.1, 0.15) is 11.3 Å². The van der Waals surface area contributed by atoms with E-state index >= 15 is 0 Å². The van der Waals surface area contributed by atoms with Gasteiger partial charge in [-0.15, -0.1) is 0 Å². The highest BCUT2D eigenvalue weighted by Crippen LogP contribution is 2.24. The first-order chi connectivity index (χ1) is 5.15. The van der Waals surface area contributed by atoms with Crippen molar-refractivity contribution in [3.63, 3.8) is 0 Å². The van der Waals surface area contributed by atoms with Gasteiger partial charge in [0.05, 0.1) is 5.69 Å². The molecule has 0 atom stereocenters. The summed E-state index contributed by atoms with van der Waals surface area (Å²) in [5, 5.41) is 1.26. The largest absolute Gasteiger partial charge is 0.239 e. The highest BCUT2D eigenvalue weighted by molar-refractivity contribution is 9.10. The zero-order chi connectivity index (χ0) is 8.43. The van der Waals surface area contributed by atoms with E-state index in [2.05, 4.69) is 36.8 Å². The van der Waals surface area contributed by atoms with Gasteiger partial charge in [-0.3, -0.25) is 0 Å². The Morgan fingerprint density at radius 3 is 2.82 bits per heavy atom. The summed E-state index contributed by atoms with van der Waals surface area (Å²) < 4.78 is 1.03. The van der Waals surface area contributed by atoms with Gasteiger partial charge in [-0.25, -0.2) is 4.98 Å². The van der Waals surface area contributed by atoms with E-state index in [1.54, 1.807) is 0 Å². The van der Waals surface area contributed by atoms with Crippen molar-refractivity contribution in [1.29, 1.82) is 0 Å². The van der Waals surface area contributed by atoms with Gasteiger partial charge in [0.2, 0.25) is 0 Å². The fourth-order valence-corrected chi connectivity index (χ4v) is 2.16.